The van der Waals surface area contributed by atoms with Crippen LogP contribution in [-0.4, -0.2) is 4.37 Å². The first-order valence-corrected chi connectivity index (χ1v) is 6.76. The zero-order chi connectivity index (χ0) is 12.4. The Morgan fingerprint density at radius 1 is 0.833 bits per heavy atom. The molecule has 0 unspecified atom stereocenters. The molecule has 1 nitrogen and oxygen atoms in total. The maximum absolute atomic E-state index is 6.00. The molecule has 1 heterocycles. The van der Waals surface area contributed by atoms with Crippen LogP contribution in [0.15, 0.2) is 60.7 Å². The van der Waals surface area contributed by atoms with Crippen molar-refractivity contribution >= 4 is 23.1 Å². The first kappa shape index (κ1) is 11.5. The average molecular weight is 272 g/mol. The molecular weight excluding hydrogens is 262 g/mol. The molecule has 3 heteroatoms. The minimum Gasteiger partial charge on any atom is -0.192 e. The molecule has 0 spiro atoms. The minimum atomic E-state index is 0.752. The molecule has 0 atom stereocenters. The van der Waals surface area contributed by atoms with Gasteiger partial charge in [0.2, 0.25) is 0 Å². The van der Waals surface area contributed by atoms with E-state index >= 15 is 0 Å². The lowest BCUT2D eigenvalue weighted by Crippen LogP contribution is -1.74. The van der Waals surface area contributed by atoms with E-state index in [1.165, 1.54) is 11.5 Å². The Kier molecular flexibility index (Phi) is 3.13. The van der Waals surface area contributed by atoms with Crippen LogP contribution < -0.4 is 0 Å². The predicted molar refractivity (Wildman–Crippen MR) is 78.0 cm³/mol. The first-order chi connectivity index (χ1) is 8.83. The molecule has 0 aliphatic heterocycles. The van der Waals surface area contributed by atoms with Gasteiger partial charge in [0.1, 0.15) is 0 Å². The van der Waals surface area contributed by atoms with Gasteiger partial charge in [-0.25, -0.2) is 0 Å². The molecule has 18 heavy (non-hydrogen) atoms. The number of nitrogens with zero attached hydrogens (tertiary/aromatic N) is 1. The number of benzene rings is 2. The third kappa shape index (κ3) is 2.30. The Hall–Kier alpha value is -1.64. The first-order valence-electron chi connectivity index (χ1n) is 5.61. The van der Waals surface area contributed by atoms with Crippen LogP contribution in [0, 0.1) is 0 Å². The molecular formula is C15H10ClNS. The molecule has 3 rings (SSSR count). The van der Waals surface area contributed by atoms with E-state index in [4.69, 9.17) is 11.6 Å². The van der Waals surface area contributed by atoms with Crippen molar-refractivity contribution in [2.75, 3.05) is 0 Å². The Morgan fingerprint density at radius 3 is 2.39 bits per heavy atom. The van der Waals surface area contributed by atoms with E-state index in [0.29, 0.717) is 0 Å². The summed E-state index contributed by atoms with van der Waals surface area (Å²) < 4.78 is 4.49. The largest absolute Gasteiger partial charge is 0.192 e. The SMILES string of the molecule is Clc1cccc(-c2cc(-c3ccccc3)ns2)c1. The monoisotopic (exact) mass is 271 g/mol. The number of hydrogen-bond donors (Lipinski definition) is 0. The van der Waals surface area contributed by atoms with Gasteiger partial charge >= 0.3 is 0 Å². The molecule has 0 aliphatic rings. The third-order valence-electron chi connectivity index (χ3n) is 2.69. The second kappa shape index (κ2) is 4.92. The summed E-state index contributed by atoms with van der Waals surface area (Å²) in [4.78, 5) is 1.14. The highest BCUT2D eigenvalue weighted by atomic mass is 35.5. The fourth-order valence-corrected chi connectivity index (χ4v) is 2.74. The number of rotatable bonds is 2. The van der Waals surface area contributed by atoms with E-state index in [1.54, 1.807) is 0 Å². The zero-order valence-corrected chi connectivity index (χ0v) is 11.1. The Morgan fingerprint density at radius 2 is 1.61 bits per heavy atom. The van der Waals surface area contributed by atoms with Crippen LogP contribution in [0.5, 0.6) is 0 Å². The molecule has 0 radical (unpaired) electrons. The van der Waals surface area contributed by atoms with Crippen molar-refractivity contribution < 1.29 is 0 Å². The third-order valence-corrected chi connectivity index (χ3v) is 3.76. The van der Waals surface area contributed by atoms with Crippen LogP contribution in [0.1, 0.15) is 0 Å². The van der Waals surface area contributed by atoms with Gasteiger partial charge in [-0.2, -0.15) is 4.37 Å². The van der Waals surface area contributed by atoms with Gasteiger partial charge in [0.05, 0.1) is 10.6 Å². The van der Waals surface area contributed by atoms with Crippen LogP contribution >= 0.6 is 23.1 Å². The number of hydrogen-bond acceptors (Lipinski definition) is 2. The Labute approximate surface area is 115 Å². The number of aromatic nitrogens is 1. The predicted octanol–water partition coefficient (Wildman–Crippen LogP) is 5.13. The normalized spacial score (nSPS) is 10.5. The van der Waals surface area contributed by atoms with Gasteiger partial charge in [-0.15, -0.1) is 0 Å². The van der Waals surface area contributed by atoms with Crippen molar-refractivity contribution in [3.63, 3.8) is 0 Å². The summed E-state index contributed by atoms with van der Waals surface area (Å²) in [6, 6.07) is 20.1. The van der Waals surface area contributed by atoms with Crippen molar-refractivity contribution in [1.29, 1.82) is 0 Å². The van der Waals surface area contributed by atoms with Crippen LogP contribution in [-0.2, 0) is 0 Å². The second-order valence-corrected chi connectivity index (χ2v) is 5.19. The summed E-state index contributed by atoms with van der Waals surface area (Å²) in [5.74, 6) is 0. The summed E-state index contributed by atoms with van der Waals surface area (Å²) in [5.41, 5.74) is 3.26. The van der Waals surface area contributed by atoms with Crippen molar-refractivity contribution in [2.45, 2.75) is 0 Å². The lowest BCUT2D eigenvalue weighted by Gasteiger charge is -1.96. The van der Waals surface area contributed by atoms with Crippen molar-refractivity contribution in [3.8, 4) is 21.7 Å². The van der Waals surface area contributed by atoms with Gasteiger partial charge in [0.15, 0.2) is 0 Å². The van der Waals surface area contributed by atoms with Crippen LogP contribution in [0.3, 0.4) is 0 Å². The molecule has 0 saturated carbocycles. The standard InChI is InChI=1S/C15H10ClNS/c16-13-8-4-7-12(9-13)15-10-14(17-18-15)11-5-2-1-3-6-11/h1-10H. The molecule has 0 saturated heterocycles. The van der Waals surface area contributed by atoms with Crippen LogP contribution in [0.2, 0.25) is 5.02 Å². The van der Waals surface area contributed by atoms with E-state index in [0.717, 1.165) is 26.7 Å². The van der Waals surface area contributed by atoms with E-state index < -0.39 is 0 Å². The average Bonchev–Trinajstić information content (AvgIpc) is 2.89. The Balaban J connectivity index is 2.00. The van der Waals surface area contributed by atoms with Crippen molar-refractivity contribution in [2.24, 2.45) is 0 Å². The van der Waals surface area contributed by atoms with Gasteiger partial charge in [0.25, 0.3) is 0 Å². The van der Waals surface area contributed by atoms with Crippen LogP contribution in [0.25, 0.3) is 21.7 Å². The van der Waals surface area contributed by atoms with Crippen LogP contribution in [0.4, 0.5) is 0 Å². The maximum Gasteiger partial charge on any atom is 0.0847 e. The summed E-state index contributed by atoms with van der Waals surface area (Å²) in [5, 5.41) is 0.752. The number of halogens is 1. The van der Waals surface area contributed by atoms with E-state index in [-0.39, 0.29) is 0 Å². The lowest BCUT2D eigenvalue weighted by molar-refractivity contribution is 1.52. The highest BCUT2D eigenvalue weighted by molar-refractivity contribution is 7.09. The summed E-state index contributed by atoms with van der Waals surface area (Å²) in [6.07, 6.45) is 0. The molecule has 3 aromatic rings. The molecule has 0 bridgehead atoms. The molecule has 2 aromatic carbocycles. The lowest BCUT2D eigenvalue weighted by atomic mass is 10.1. The maximum atomic E-state index is 6.00. The van der Waals surface area contributed by atoms with E-state index in [9.17, 15) is 0 Å². The topological polar surface area (TPSA) is 12.9 Å². The smallest absolute Gasteiger partial charge is 0.0847 e. The molecule has 88 valence electrons. The Bertz CT molecular complexity index is 661. The molecule has 0 amide bonds. The zero-order valence-electron chi connectivity index (χ0n) is 9.51. The fraction of sp³-hybridized carbons (Fsp3) is 0. The van der Waals surface area contributed by atoms with Gasteiger partial charge in [-0.05, 0) is 35.3 Å². The highest BCUT2D eigenvalue weighted by Gasteiger charge is 2.06. The quantitative estimate of drug-likeness (QED) is 0.630. The minimum absolute atomic E-state index is 0.752. The summed E-state index contributed by atoms with van der Waals surface area (Å²) in [7, 11) is 0. The van der Waals surface area contributed by atoms with Crippen molar-refractivity contribution in [3.05, 3.63) is 65.7 Å². The van der Waals surface area contributed by atoms with E-state index in [1.807, 2.05) is 42.5 Å². The molecule has 0 aliphatic carbocycles. The fourth-order valence-electron chi connectivity index (χ4n) is 1.80. The van der Waals surface area contributed by atoms with Crippen molar-refractivity contribution in [1.82, 2.24) is 4.37 Å². The van der Waals surface area contributed by atoms with Gasteiger partial charge in [-0.3, -0.25) is 0 Å². The summed E-state index contributed by atoms with van der Waals surface area (Å²) in [6.45, 7) is 0. The van der Waals surface area contributed by atoms with E-state index in [2.05, 4.69) is 22.6 Å². The molecule has 1 aromatic heterocycles. The molecule has 0 N–H and O–H groups in total. The highest BCUT2D eigenvalue weighted by Crippen LogP contribution is 2.30. The van der Waals surface area contributed by atoms with Gasteiger partial charge < -0.3 is 0 Å². The molecule has 0 fully saturated rings. The second-order valence-electron chi connectivity index (χ2n) is 3.95. The van der Waals surface area contributed by atoms with Gasteiger partial charge in [0, 0.05) is 10.6 Å². The van der Waals surface area contributed by atoms with Gasteiger partial charge in [-0.1, -0.05) is 54.1 Å². The summed E-state index contributed by atoms with van der Waals surface area (Å²) >= 11 is 7.50.